The van der Waals surface area contributed by atoms with Crippen molar-refractivity contribution in [3.8, 4) is 5.75 Å². The van der Waals surface area contributed by atoms with Crippen LogP contribution in [0.5, 0.6) is 5.75 Å². The van der Waals surface area contributed by atoms with E-state index in [-0.39, 0.29) is 23.3 Å². The summed E-state index contributed by atoms with van der Waals surface area (Å²) in [6, 6.07) is 9.98. The van der Waals surface area contributed by atoms with E-state index in [9.17, 15) is 8.78 Å². The molecule has 0 radical (unpaired) electrons. The van der Waals surface area contributed by atoms with Crippen LogP contribution in [0.4, 0.5) is 8.78 Å². The molecule has 2 rings (SSSR count). The van der Waals surface area contributed by atoms with Gasteiger partial charge in [0.25, 0.3) is 0 Å². The summed E-state index contributed by atoms with van der Waals surface area (Å²) < 4.78 is 32.0. The van der Waals surface area contributed by atoms with Gasteiger partial charge in [-0.05, 0) is 42.0 Å². The molecule has 0 unspecified atom stereocenters. The summed E-state index contributed by atoms with van der Waals surface area (Å²) in [5.74, 6) is -0.533. The fourth-order valence-electron chi connectivity index (χ4n) is 1.69. The van der Waals surface area contributed by atoms with Crippen molar-refractivity contribution in [2.75, 3.05) is 0 Å². The van der Waals surface area contributed by atoms with Gasteiger partial charge in [-0.25, -0.2) is 8.78 Å². The van der Waals surface area contributed by atoms with Crippen molar-refractivity contribution >= 4 is 23.5 Å². The third kappa shape index (κ3) is 4.78. The normalized spacial score (nSPS) is 10.6. The lowest BCUT2D eigenvalue weighted by Crippen LogP contribution is -2.24. The number of nitrogens with two attached hydrogens (primary N) is 1. The zero-order chi connectivity index (χ0) is 15.9. The molecule has 7 heteroatoms. The van der Waals surface area contributed by atoms with Crippen LogP contribution in [0.15, 0.2) is 47.6 Å². The first kappa shape index (κ1) is 15.8. The minimum Gasteiger partial charge on any atom is -0.488 e. The standard InChI is InChI=1S/C15H13F2N3OS/c16-12-3-1-2-10(6-12)9-21-14-7-13(17)5-4-11(14)8-19-20-15(18)22/h1-8H,9H2,(H3,18,20,22). The Labute approximate surface area is 131 Å². The highest BCUT2D eigenvalue weighted by Gasteiger charge is 2.05. The Morgan fingerprint density at radius 2 is 2.00 bits per heavy atom. The quantitative estimate of drug-likeness (QED) is 0.505. The highest BCUT2D eigenvalue weighted by Crippen LogP contribution is 2.20. The Balaban J connectivity index is 2.13. The fraction of sp³-hybridized carbons (Fsp3) is 0.0667. The van der Waals surface area contributed by atoms with Crippen LogP contribution in [0, 0.1) is 11.6 Å². The molecule has 0 aliphatic carbocycles. The van der Waals surface area contributed by atoms with Gasteiger partial charge in [-0.3, -0.25) is 5.43 Å². The smallest absolute Gasteiger partial charge is 0.184 e. The maximum Gasteiger partial charge on any atom is 0.184 e. The van der Waals surface area contributed by atoms with Crippen molar-refractivity contribution in [3.63, 3.8) is 0 Å². The molecular formula is C15H13F2N3OS. The summed E-state index contributed by atoms with van der Waals surface area (Å²) in [4.78, 5) is 0. The SMILES string of the molecule is NC(=S)NN=Cc1ccc(F)cc1OCc1cccc(F)c1. The molecule has 0 spiro atoms. The van der Waals surface area contributed by atoms with Gasteiger partial charge in [0.1, 0.15) is 24.0 Å². The highest BCUT2D eigenvalue weighted by atomic mass is 32.1. The van der Waals surface area contributed by atoms with Gasteiger partial charge in [0.05, 0.1) is 6.21 Å². The van der Waals surface area contributed by atoms with Crippen molar-refractivity contribution in [3.05, 3.63) is 65.2 Å². The second-order valence-corrected chi connectivity index (χ2v) is 4.77. The van der Waals surface area contributed by atoms with Crippen LogP contribution in [0.1, 0.15) is 11.1 Å². The number of nitrogens with one attached hydrogen (secondary N) is 1. The van der Waals surface area contributed by atoms with Gasteiger partial charge >= 0.3 is 0 Å². The average Bonchev–Trinajstić information content (AvgIpc) is 2.47. The fourth-order valence-corrected chi connectivity index (χ4v) is 1.75. The number of rotatable bonds is 5. The molecule has 3 N–H and O–H groups in total. The third-order valence-corrected chi connectivity index (χ3v) is 2.73. The molecule has 0 aliphatic heterocycles. The third-order valence-electron chi connectivity index (χ3n) is 2.64. The van der Waals surface area contributed by atoms with Crippen molar-refractivity contribution < 1.29 is 13.5 Å². The average molecular weight is 321 g/mol. The zero-order valence-corrected chi connectivity index (χ0v) is 12.2. The number of benzene rings is 2. The molecule has 0 heterocycles. The molecule has 0 fully saturated rings. The maximum atomic E-state index is 13.3. The van der Waals surface area contributed by atoms with Crippen LogP contribution in [-0.4, -0.2) is 11.3 Å². The lowest BCUT2D eigenvalue weighted by atomic mass is 10.2. The molecule has 0 bridgehead atoms. The van der Waals surface area contributed by atoms with Gasteiger partial charge in [0, 0.05) is 11.6 Å². The molecular weight excluding hydrogens is 308 g/mol. The lowest BCUT2D eigenvalue weighted by molar-refractivity contribution is 0.303. The van der Waals surface area contributed by atoms with Crippen LogP contribution in [0.2, 0.25) is 0 Å². The van der Waals surface area contributed by atoms with Gasteiger partial charge in [-0.15, -0.1) is 0 Å². The van der Waals surface area contributed by atoms with Gasteiger partial charge in [-0.2, -0.15) is 5.10 Å². The molecule has 0 saturated heterocycles. The molecule has 0 aliphatic rings. The first-order valence-electron chi connectivity index (χ1n) is 6.30. The van der Waals surface area contributed by atoms with Crippen molar-refractivity contribution in [2.45, 2.75) is 6.61 Å². The Kier molecular flexibility index (Phi) is 5.37. The predicted octanol–water partition coefficient (Wildman–Crippen LogP) is 2.71. The monoisotopic (exact) mass is 321 g/mol. The van der Waals surface area contributed by atoms with Gasteiger partial charge in [-0.1, -0.05) is 12.1 Å². The molecule has 0 aromatic heterocycles. The first-order chi connectivity index (χ1) is 10.5. The number of halogens is 2. The number of hydrogen-bond acceptors (Lipinski definition) is 3. The van der Waals surface area contributed by atoms with Crippen molar-refractivity contribution in [1.29, 1.82) is 0 Å². The highest BCUT2D eigenvalue weighted by molar-refractivity contribution is 7.80. The van der Waals surface area contributed by atoms with E-state index in [4.69, 9.17) is 10.5 Å². The van der Waals surface area contributed by atoms with Gasteiger partial charge < -0.3 is 10.5 Å². The summed E-state index contributed by atoms with van der Waals surface area (Å²) in [7, 11) is 0. The molecule has 2 aromatic rings. The van der Waals surface area contributed by atoms with E-state index in [0.717, 1.165) is 0 Å². The summed E-state index contributed by atoms with van der Waals surface area (Å²) >= 11 is 4.62. The predicted molar refractivity (Wildman–Crippen MR) is 84.6 cm³/mol. The topological polar surface area (TPSA) is 59.6 Å². The van der Waals surface area contributed by atoms with Crippen LogP contribution in [-0.2, 0) is 6.61 Å². The molecule has 0 atom stereocenters. The summed E-state index contributed by atoms with van der Waals surface area (Å²) in [5, 5.41) is 3.81. The zero-order valence-electron chi connectivity index (χ0n) is 11.4. The molecule has 4 nitrogen and oxygen atoms in total. The van der Waals surface area contributed by atoms with Crippen LogP contribution >= 0.6 is 12.2 Å². The van der Waals surface area contributed by atoms with E-state index >= 15 is 0 Å². The number of thiocarbonyl (C=S) groups is 1. The van der Waals surface area contributed by atoms with Crippen molar-refractivity contribution in [1.82, 2.24) is 5.43 Å². The Morgan fingerprint density at radius 3 is 2.73 bits per heavy atom. The minimum atomic E-state index is -0.450. The number of hydrazone groups is 1. The molecule has 0 saturated carbocycles. The van der Waals surface area contributed by atoms with E-state index in [2.05, 4.69) is 22.7 Å². The lowest BCUT2D eigenvalue weighted by Gasteiger charge is -2.09. The van der Waals surface area contributed by atoms with Gasteiger partial charge in [0.2, 0.25) is 0 Å². The van der Waals surface area contributed by atoms with E-state index in [1.165, 1.54) is 36.5 Å². The van der Waals surface area contributed by atoms with E-state index in [1.54, 1.807) is 12.1 Å². The second kappa shape index (κ2) is 7.46. The maximum absolute atomic E-state index is 13.3. The largest absolute Gasteiger partial charge is 0.488 e. The molecule has 2 aromatic carbocycles. The summed E-state index contributed by atoms with van der Waals surface area (Å²) in [5.41, 5.74) is 8.81. The van der Waals surface area contributed by atoms with E-state index < -0.39 is 5.82 Å². The summed E-state index contributed by atoms with van der Waals surface area (Å²) in [6.45, 7) is 0.102. The van der Waals surface area contributed by atoms with Crippen LogP contribution in [0.3, 0.4) is 0 Å². The molecule has 22 heavy (non-hydrogen) atoms. The molecule has 0 amide bonds. The summed E-state index contributed by atoms with van der Waals surface area (Å²) in [6.07, 6.45) is 1.40. The minimum absolute atomic E-state index is 0.0144. The Morgan fingerprint density at radius 1 is 1.23 bits per heavy atom. The van der Waals surface area contributed by atoms with Crippen LogP contribution in [0.25, 0.3) is 0 Å². The second-order valence-electron chi connectivity index (χ2n) is 4.33. The van der Waals surface area contributed by atoms with Crippen LogP contribution < -0.4 is 15.9 Å². The van der Waals surface area contributed by atoms with Crippen molar-refractivity contribution in [2.24, 2.45) is 10.8 Å². The first-order valence-corrected chi connectivity index (χ1v) is 6.71. The number of hydrogen-bond donors (Lipinski definition) is 2. The van der Waals surface area contributed by atoms with E-state index in [0.29, 0.717) is 11.1 Å². The number of nitrogens with zero attached hydrogens (tertiary/aromatic N) is 1. The Bertz CT molecular complexity index is 707. The van der Waals surface area contributed by atoms with Gasteiger partial charge in [0.15, 0.2) is 5.11 Å². The number of ether oxygens (including phenoxy) is 1. The molecule has 114 valence electrons. The Hall–Kier alpha value is -2.54. The van der Waals surface area contributed by atoms with E-state index in [1.807, 2.05) is 0 Å².